The van der Waals surface area contributed by atoms with Gasteiger partial charge in [-0.15, -0.1) is 0 Å². The van der Waals surface area contributed by atoms with Crippen LogP contribution in [-0.4, -0.2) is 29.2 Å². The molecule has 0 aromatic carbocycles. The molecule has 4 nitrogen and oxygen atoms in total. The molecule has 1 aromatic heterocycles. The first-order valence-corrected chi connectivity index (χ1v) is 6.31. The van der Waals surface area contributed by atoms with Gasteiger partial charge in [0.05, 0.1) is 0 Å². The van der Waals surface area contributed by atoms with Gasteiger partial charge in [-0.3, -0.25) is 0 Å². The fraction of sp³-hybridized carbons (Fsp3) is 0.750. The van der Waals surface area contributed by atoms with E-state index in [1.165, 1.54) is 12.8 Å². The number of aryl methyl sites for hydroxylation is 1. The SMILES string of the molecule is CCn1ccnc1N1CCCC(CCN)C1. The number of nitrogens with zero attached hydrogens (tertiary/aromatic N) is 3. The van der Waals surface area contributed by atoms with Crippen molar-refractivity contribution in [3.63, 3.8) is 0 Å². The number of rotatable bonds is 4. The molecule has 90 valence electrons. The monoisotopic (exact) mass is 222 g/mol. The Kier molecular flexibility index (Phi) is 3.83. The zero-order valence-electron chi connectivity index (χ0n) is 10.1. The Bertz CT molecular complexity index is 319. The van der Waals surface area contributed by atoms with Gasteiger partial charge in [-0.25, -0.2) is 4.98 Å². The maximum Gasteiger partial charge on any atom is 0.205 e. The Labute approximate surface area is 97.4 Å². The minimum Gasteiger partial charge on any atom is -0.342 e. The number of hydrogen-bond acceptors (Lipinski definition) is 3. The molecule has 2 N–H and O–H groups in total. The molecule has 1 aliphatic rings. The molecule has 4 heteroatoms. The zero-order chi connectivity index (χ0) is 11.4. The van der Waals surface area contributed by atoms with Gasteiger partial charge in [-0.1, -0.05) is 0 Å². The van der Waals surface area contributed by atoms with Crippen molar-refractivity contribution < 1.29 is 0 Å². The summed E-state index contributed by atoms with van der Waals surface area (Å²) in [4.78, 5) is 6.87. The van der Waals surface area contributed by atoms with Crippen molar-refractivity contribution in [2.45, 2.75) is 32.7 Å². The molecule has 16 heavy (non-hydrogen) atoms. The predicted octanol–water partition coefficient (Wildman–Crippen LogP) is 1.47. The molecule has 1 saturated heterocycles. The van der Waals surface area contributed by atoms with Gasteiger partial charge >= 0.3 is 0 Å². The zero-order valence-corrected chi connectivity index (χ0v) is 10.1. The van der Waals surface area contributed by atoms with Crippen LogP contribution in [0.2, 0.25) is 0 Å². The molecule has 0 bridgehead atoms. The lowest BCUT2D eigenvalue weighted by atomic mass is 9.95. The molecule has 0 saturated carbocycles. The average Bonchev–Trinajstić information content (AvgIpc) is 2.78. The third-order valence-electron chi connectivity index (χ3n) is 3.41. The molecule has 1 aliphatic heterocycles. The fourth-order valence-corrected chi connectivity index (χ4v) is 2.55. The Balaban J connectivity index is 2.03. The van der Waals surface area contributed by atoms with Crippen molar-refractivity contribution in [3.05, 3.63) is 12.4 Å². The highest BCUT2D eigenvalue weighted by Gasteiger charge is 2.21. The molecule has 1 fully saturated rings. The van der Waals surface area contributed by atoms with Gasteiger partial charge in [0.2, 0.25) is 5.95 Å². The highest BCUT2D eigenvalue weighted by Crippen LogP contribution is 2.23. The summed E-state index contributed by atoms with van der Waals surface area (Å²) in [6.45, 7) is 6.22. The van der Waals surface area contributed by atoms with Crippen molar-refractivity contribution in [1.29, 1.82) is 0 Å². The molecule has 0 spiro atoms. The van der Waals surface area contributed by atoms with Crippen molar-refractivity contribution in [2.75, 3.05) is 24.5 Å². The largest absolute Gasteiger partial charge is 0.342 e. The molecule has 1 atom stereocenters. The van der Waals surface area contributed by atoms with E-state index in [2.05, 4.69) is 27.6 Å². The summed E-state index contributed by atoms with van der Waals surface area (Å²) in [7, 11) is 0. The summed E-state index contributed by atoms with van der Waals surface area (Å²) in [5.74, 6) is 1.88. The van der Waals surface area contributed by atoms with E-state index in [4.69, 9.17) is 5.73 Å². The summed E-state index contributed by atoms with van der Waals surface area (Å²) in [5.41, 5.74) is 5.64. The Morgan fingerprint density at radius 1 is 1.56 bits per heavy atom. The molecule has 1 unspecified atom stereocenters. The van der Waals surface area contributed by atoms with E-state index in [9.17, 15) is 0 Å². The highest BCUT2D eigenvalue weighted by atomic mass is 15.3. The Hall–Kier alpha value is -1.03. The second kappa shape index (κ2) is 5.34. The molecule has 0 amide bonds. The molecule has 0 radical (unpaired) electrons. The molecule has 2 heterocycles. The van der Waals surface area contributed by atoms with E-state index in [1.807, 2.05) is 6.20 Å². The van der Waals surface area contributed by atoms with Crippen LogP contribution in [0.5, 0.6) is 0 Å². The number of hydrogen-bond donors (Lipinski definition) is 1. The van der Waals surface area contributed by atoms with E-state index < -0.39 is 0 Å². The van der Waals surface area contributed by atoms with Crippen molar-refractivity contribution in [1.82, 2.24) is 9.55 Å². The van der Waals surface area contributed by atoms with Gasteiger partial charge in [0.1, 0.15) is 0 Å². The second-order valence-corrected chi connectivity index (χ2v) is 4.54. The summed E-state index contributed by atoms with van der Waals surface area (Å²) in [6.07, 6.45) is 7.68. The summed E-state index contributed by atoms with van der Waals surface area (Å²) >= 11 is 0. The van der Waals surface area contributed by atoms with E-state index in [0.717, 1.165) is 44.5 Å². The van der Waals surface area contributed by atoms with Crippen LogP contribution in [0, 0.1) is 5.92 Å². The van der Waals surface area contributed by atoms with Crippen LogP contribution < -0.4 is 10.6 Å². The Morgan fingerprint density at radius 3 is 3.19 bits per heavy atom. The maximum absolute atomic E-state index is 5.64. The van der Waals surface area contributed by atoms with Crippen molar-refractivity contribution in [2.24, 2.45) is 11.7 Å². The third kappa shape index (κ3) is 2.38. The summed E-state index contributed by atoms with van der Waals surface area (Å²) in [5, 5.41) is 0. The topological polar surface area (TPSA) is 47.1 Å². The molecular weight excluding hydrogens is 200 g/mol. The van der Waals surface area contributed by atoms with Gasteiger partial charge in [0.25, 0.3) is 0 Å². The predicted molar refractivity (Wildman–Crippen MR) is 66.5 cm³/mol. The van der Waals surface area contributed by atoms with Gasteiger partial charge in [-0.05, 0) is 38.6 Å². The number of anilines is 1. The molecule has 2 rings (SSSR count). The quantitative estimate of drug-likeness (QED) is 0.839. The van der Waals surface area contributed by atoms with Crippen LogP contribution >= 0.6 is 0 Å². The smallest absolute Gasteiger partial charge is 0.205 e. The van der Waals surface area contributed by atoms with E-state index in [0.29, 0.717) is 0 Å². The van der Waals surface area contributed by atoms with Crippen molar-refractivity contribution >= 4 is 5.95 Å². The van der Waals surface area contributed by atoms with Crippen LogP contribution in [-0.2, 0) is 6.54 Å². The highest BCUT2D eigenvalue weighted by molar-refractivity contribution is 5.32. The van der Waals surface area contributed by atoms with Crippen LogP contribution in [0.3, 0.4) is 0 Å². The molecular formula is C12H22N4. The van der Waals surface area contributed by atoms with Gasteiger partial charge < -0.3 is 15.2 Å². The van der Waals surface area contributed by atoms with E-state index in [-0.39, 0.29) is 0 Å². The number of aromatic nitrogens is 2. The first-order chi connectivity index (χ1) is 7.85. The lowest BCUT2D eigenvalue weighted by molar-refractivity contribution is 0.390. The standard InChI is InChI=1S/C12H22N4/c1-2-15-9-7-14-12(15)16-8-3-4-11(10-16)5-6-13/h7,9,11H,2-6,8,10,13H2,1H3. The first-order valence-electron chi connectivity index (χ1n) is 6.31. The molecule has 1 aromatic rings. The average molecular weight is 222 g/mol. The fourth-order valence-electron chi connectivity index (χ4n) is 2.55. The minimum absolute atomic E-state index is 0.751. The van der Waals surface area contributed by atoms with Crippen LogP contribution in [0.25, 0.3) is 0 Å². The third-order valence-corrected chi connectivity index (χ3v) is 3.41. The van der Waals surface area contributed by atoms with Crippen molar-refractivity contribution in [3.8, 4) is 0 Å². The van der Waals surface area contributed by atoms with Crippen LogP contribution in [0.15, 0.2) is 12.4 Å². The number of piperidine rings is 1. The second-order valence-electron chi connectivity index (χ2n) is 4.54. The minimum atomic E-state index is 0.751. The van der Waals surface area contributed by atoms with Gasteiger partial charge in [-0.2, -0.15) is 0 Å². The lowest BCUT2D eigenvalue weighted by Crippen LogP contribution is -2.37. The molecule has 0 aliphatic carbocycles. The van der Waals surface area contributed by atoms with E-state index >= 15 is 0 Å². The van der Waals surface area contributed by atoms with Gasteiger partial charge in [0, 0.05) is 32.0 Å². The van der Waals surface area contributed by atoms with E-state index in [1.54, 1.807) is 0 Å². The normalized spacial score (nSPS) is 21.4. The van der Waals surface area contributed by atoms with Crippen LogP contribution in [0.1, 0.15) is 26.2 Å². The first kappa shape index (κ1) is 11.5. The van der Waals surface area contributed by atoms with Crippen LogP contribution in [0.4, 0.5) is 5.95 Å². The van der Waals surface area contributed by atoms with Gasteiger partial charge in [0.15, 0.2) is 0 Å². The summed E-state index contributed by atoms with van der Waals surface area (Å²) in [6, 6.07) is 0. The summed E-state index contributed by atoms with van der Waals surface area (Å²) < 4.78 is 2.21. The number of nitrogens with two attached hydrogens (primary N) is 1. The lowest BCUT2D eigenvalue weighted by Gasteiger charge is -2.33. The number of imidazole rings is 1. The Morgan fingerprint density at radius 2 is 2.44 bits per heavy atom. The maximum atomic E-state index is 5.64.